The van der Waals surface area contributed by atoms with Crippen molar-refractivity contribution in [3.05, 3.63) is 23.9 Å². The lowest BCUT2D eigenvalue weighted by Crippen LogP contribution is -2.43. The van der Waals surface area contributed by atoms with Crippen LogP contribution in [0.4, 0.5) is 4.79 Å². The summed E-state index contributed by atoms with van der Waals surface area (Å²) in [4.78, 5) is 12.6. The van der Waals surface area contributed by atoms with Crippen LogP contribution in [-0.2, 0) is 10.1 Å². The molecule has 144 valence electrons. The van der Waals surface area contributed by atoms with Gasteiger partial charge >= 0.3 is 6.09 Å². The minimum Gasteiger partial charge on any atom is -0.543 e. The molecule has 0 N–H and O–H groups in total. The summed E-state index contributed by atoms with van der Waals surface area (Å²) in [6.07, 6.45) is -0.487. The Morgan fingerprint density at radius 1 is 1.19 bits per heavy atom. The zero-order valence-corrected chi connectivity index (χ0v) is 19.5. The molecule has 0 radical (unpaired) electrons. The van der Waals surface area contributed by atoms with E-state index in [1.807, 2.05) is 39.0 Å². The van der Waals surface area contributed by atoms with Crippen molar-refractivity contribution >= 4 is 41.2 Å². The van der Waals surface area contributed by atoms with Crippen molar-refractivity contribution in [1.82, 2.24) is 9.78 Å². The molecule has 5 nitrogen and oxygen atoms in total. The average molecular weight is 441 g/mol. The summed E-state index contributed by atoms with van der Waals surface area (Å²) in [6, 6.07) is 5.72. The number of fused-ring (bicyclic) bond motifs is 1. The largest absolute Gasteiger partial charge is 0.543 e. The van der Waals surface area contributed by atoms with Crippen LogP contribution in [0.1, 0.15) is 47.2 Å². The minimum absolute atomic E-state index is 0.0743. The second kappa shape index (κ2) is 7.00. The molecule has 1 heterocycles. The number of carbonyl (C=O) groups excluding carboxylic acids is 1. The fraction of sp³-hybridized carbons (Fsp3) is 0.579. The molecule has 0 aliphatic carbocycles. The average Bonchev–Trinajstić information content (AvgIpc) is 2.84. The van der Waals surface area contributed by atoms with E-state index in [0.29, 0.717) is 10.8 Å². The second-order valence-corrected chi connectivity index (χ2v) is 14.3. The highest BCUT2D eigenvalue weighted by Crippen LogP contribution is 2.40. The SMILES string of the molecule is CC(C)(C)OC(=O)n1nc(CBr)c2c(O[Si](C)(C)C(C)(C)C)cccc21. The highest BCUT2D eigenvalue weighted by Gasteiger charge is 2.39. The molecule has 0 spiro atoms. The van der Waals surface area contributed by atoms with Crippen LogP contribution in [-0.4, -0.2) is 29.8 Å². The van der Waals surface area contributed by atoms with Gasteiger partial charge in [-0.25, -0.2) is 4.79 Å². The van der Waals surface area contributed by atoms with Crippen molar-refractivity contribution in [1.29, 1.82) is 0 Å². The molecular weight excluding hydrogens is 412 g/mol. The Kier molecular flexibility index (Phi) is 5.64. The standard InChI is InChI=1S/C19H29BrN2O3Si/c1-18(2,3)24-17(23)22-14-10-9-11-15(16(14)13(12-20)21-22)25-26(7,8)19(4,5)6/h9-11H,12H2,1-8H3. The lowest BCUT2D eigenvalue weighted by Gasteiger charge is -2.36. The lowest BCUT2D eigenvalue weighted by atomic mass is 10.2. The van der Waals surface area contributed by atoms with Gasteiger partial charge in [0.25, 0.3) is 8.32 Å². The summed E-state index contributed by atoms with van der Waals surface area (Å²) < 4.78 is 13.4. The Morgan fingerprint density at radius 2 is 1.81 bits per heavy atom. The van der Waals surface area contributed by atoms with E-state index in [2.05, 4.69) is 54.9 Å². The first kappa shape index (κ1) is 21.0. The van der Waals surface area contributed by atoms with Crippen LogP contribution in [0.15, 0.2) is 18.2 Å². The number of carbonyl (C=O) groups is 1. The molecule has 2 aromatic rings. The van der Waals surface area contributed by atoms with Gasteiger partial charge in [-0.3, -0.25) is 0 Å². The van der Waals surface area contributed by atoms with Gasteiger partial charge < -0.3 is 9.16 Å². The fourth-order valence-corrected chi connectivity index (χ4v) is 3.68. The monoisotopic (exact) mass is 440 g/mol. The van der Waals surface area contributed by atoms with E-state index < -0.39 is 20.0 Å². The number of hydrogen-bond acceptors (Lipinski definition) is 4. The Bertz CT molecular complexity index is 817. The highest BCUT2D eigenvalue weighted by atomic mass is 79.9. The van der Waals surface area contributed by atoms with Gasteiger partial charge in [-0.2, -0.15) is 9.78 Å². The molecular formula is C19H29BrN2O3Si. The van der Waals surface area contributed by atoms with Crippen molar-refractivity contribution in [3.8, 4) is 5.75 Å². The zero-order valence-electron chi connectivity index (χ0n) is 16.9. The molecule has 0 unspecified atom stereocenters. The molecule has 7 heteroatoms. The van der Waals surface area contributed by atoms with E-state index in [9.17, 15) is 4.79 Å². The first-order chi connectivity index (χ1) is 11.8. The van der Waals surface area contributed by atoms with E-state index in [1.165, 1.54) is 4.68 Å². The molecule has 2 rings (SSSR count). The molecule has 0 atom stereocenters. The van der Waals surface area contributed by atoms with Crippen molar-refractivity contribution in [3.63, 3.8) is 0 Å². The summed E-state index contributed by atoms with van der Waals surface area (Å²) in [5.74, 6) is 0.776. The van der Waals surface area contributed by atoms with Gasteiger partial charge in [0.15, 0.2) is 0 Å². The Labute approximate surface area is 165 Å². The Morgan fingerprint density at radius 3 is 2.31 bits per heavy atom. The van der Waals surface area contributed by atoms with Crippen molar-refractivity contribution in [2.45, 2.75) is 70.6 Å². The third-order valence-electron chi connectivity index (χ3n) is 4.61. The fourth-order valence-electron chi connectivity index (χ4n) is 2.26. The van der Waals surface area contributed by atoms with Gasteiger partial charge in [0.1, 0.15) is 11.4 Å². The normalized spacial score (nSPS) is 13.1. The van der Waals surface area contributed by atoms with E-state index >= 15 is 0 Å². The lowest BCUT2D eigenvalue weighted by molar-refractivity contribution is 0.0522. The third-order valence-corrected chi connectivity index (χ3v) is 9.48. The Hall–Kier alpha value is -1.34. The maximum atomic E-state index is 12.6. The number of hydrogen-bond donors (Lipinski definition) is 0. The topological polar surface area (TPSA) is 53.4 Å². The molecule has 0 aliphatic rings. The number of halogens is 1. The molecule has 1 aromatic heterocycles. The number of aromatic nitrogens is 2. The molecule has 0 aliphatic heterocycles. The number of alkyl halides is 1. The summed E-state index contributed by atoms with van der Waals surface area (Å²) >= 11 is 3.48. The van der Waals surface area contributed by atoms with Gasteiger partial charge in [0, 0.05) is 5.33 Å². The second-order valence-electron chi connectivity index (χ2n) is 8.99. The van der Waals surface area contributed by atoms with Crippen LogP contribution in [0.25, 0.3) is 10.9 Å². The molecule has 1 aromatic carbocycles. The third kappa shape index (κ3) is 4.31. The number of ether oxygens (including phenoxy) is 1. The van der Waals surface area contributed by atoms with Gasteiger partial charge in [-0.1, -0.05) is 42.8 Å². The van der Waals surface area contributed by atoms with Gasteiger partial charge in [0.2, 0.25) is 0 Å². The van der Waals surface area contributed by atoms with Crippen LogP contribution in [0, 0.1) is 0 Å². The van der Waals surface area contributed by atoms with Crippen LogP contribution in [0.5, 0.6) is 5.75 Å². The maximum Gasteiger partial charge on any atom is 0.435 e. The summed E-state index contributed by atoms with van der Waals surface area (Å²) in [6.45, 7) is 16.5. The van der Waals surface area contributed by atoms with E-state index in [0.717, 1.165) is 16.8 Å². The van der Waals surface area contributed by atoms with Crippen molar-refractivity contribution in [2.75, 3.05) is 0 Å². The predicted molar refractivity (Wildman–Crippen MR) is 112 cm³/mol. The highest BCUT2D eigenvalue weighted by molar-refractivity contribution is 9.08. The molecule has 0 amide bonds. The first-order valence-corrected chi connectivity index (χ1v) is 12.8. The molecule has 0 fully saturated rings. The smallest absolute Gasteiger partial charge is 0.435 e. The summed E-state index contributed by atoms with van der Waals surface area (Å²) in [7, 11) is -2.02. The molecule has 0 saturated carbocycles. The maximum absolute atomic E-state index is 12.6. The summed E-state index contributed by atoms with van der Waals surface area (Å²) in [5.41, 5.74) is 0.879. The van der Waals surface area contributed by atoms with Crippen LogP contribution in [0.3, 0.4) is 0 Å². The van der Waals surface area contributed by atoms with Crippen LogP contribution < -0.4 is 4.43 Å². The van der Waals surface area contributed by atoms with E-state index in [4.69, 9.17) is 9.16 Å². The van der Waals surface area contributed by atoms with E-state index in [1.54, 1.807) is 0 Å². The Balaban J connectivity index is 2.58. The van der Waals surface area contributed by atoms with Crippen molar-refractivity contribution < 1.29 is 14.0 Å². The minimum atomic E-state index is -2.02. The number of rotatable bonds is 3. The van der Waals surface area contributed by atoms with Crippen molar-refractivity contribution in [2.24, 2.45) is 0 Å². The van der Waals surface area contributed by atoms with Gasteiger partial charge in [0.05, 0.1) is 16.6 Å². The number of nitrogens with zero attached hydrogens (tertiary/aromatic N) is 2. The van der Waals surface area contributed by atoms with Gasteiger partial charge in [-0.15, -0.1) is 0 Å². The first-order valence-electron chi connectivity index (χ1n) is 8.76. The van der Waals surface area contributed by atoms with E-state index in [-0.39, 0.29) is 5.04 Å². The molecule has 0 saturated heterocycles. The van der Waals surface area contributed by atoms with Gasteiger partial charge in [-0.05, 0) is 51.0 Å². The summed E-state index contributed by atoms with van der Waals surface area (Å²) in [5, 5.41) is 5.94. The molecule has 0 bridgehead atoms. The zero-order chi connectivity index (χ0) is 19.9. The quantitative estimate of drug-likeness (QED) is 0.427. The predicted octanol–water partition coefficient (Wildman–Crippen LogP) is 6.10. The van der Waals surface area contributed by atoms with Crippen LogP contribution in [0.2, 0.25) is 18.1 Å². The number of benzene rings is 1. The van der Waals surface area contributed by atoms with Crippen LogP contribution >= 0.6 is 15.9 Å². The molecule has 26 heavy (non-hydrogen) atoms.